The van der Waals surface area contributed by atoms with Gasteiger partial charge in [-0.3, -0.25) is 0 Å². The van der Waals surface area contributed by atoms with Gasteiger partial charge >= 0.3 is 0 Å². The first-order valence-electron chi connectivity index (χ1n) is 7.14. The van der Waals surface area contributed by atoms with Crippen LogP contribution in [-0.2, 0) is 0 Å². The van der Waals surface area contributed by atoms with Gasteiger partial charge in [0.15, 0.2) is 5.82 Å². The lowest BCUT2D eigenvalue weighted by atomic mass is 10.2. The number of rotatable bonds is 4. The normalized spacial score (nSPS) is 12.0. The third-order valence-electron chi connectivity index (χ3n) is 3.22. The van der Waals surface area contributed by atoms with Crippen LogP contribution in [0.5, 0.6) is 0 Å². The SMILES string of the molecule is S=c1[nH]nc(-c2ccc(Cl)cc2Cl)n1N=C/C(Br)=C/c1ccccc1. The Bertz CT molecular complexity index is 1010. The van der Waals surface area contributed by atoms with Gasteiger partial charge in [0.1, 0.15) is 0 Å². The summed E-state index contributed by atoms with van der Waals surface area (Å²) in [6.07, 6.45) is 3.59. The maximum Gasteiger partial charge on any atom is 0.216 e. The fourth-order valence-corrected chi connectivity index (χ4v) is 3.13. The zero-order valence-corrected chi connectivity index (χ0v) is 16.6. The van der Waals surface area contributed by atoms with E-state index in [0.717, 1.165) is 10.0 Å². The van der Waals surface area contributed by atoms with Crippen LogP contribution >= 0.6 is 51.3 Å². The lowest BCUT2D eigenvalue weighted by molar-refractivity contribution is 0.872. The van der Waals surface area contributed by atoms with E-state index in [0.29, 0.717) is 26.2 Å². The number of hydrogen-bond acceptors (Lipinski definition) is 3. The van der Waals surface area contributed by atoms with Crippen molar-refractivity contribution in [3.63, 3.8) is 0 Å². The zero-order valence-electron chi connectivity index (χ0n) is 12.7. The maximum atomic E-state index is 6.26. The molecule has 0 unspecified atom stereocenters. The summed E-state index contributed by atoms with van der Waals surface area (Å²) in [5.74, 6) is 0.503. The van der Waals surface area contributed by atoms with E-state index in [1.165, 1.54) is 4.68 Å². The Morgan fingerprint density at radius 3 is 2.68 bits per heavy atom. The van der Waals surface area contributed by atoms with E-state index in [9.17, 15) is 0 Å². The van der Waals surface area contributed by atoms with Crippen LogP contribution in [0.15, 0.2) is 58.1 Å². The molecule has 0 radical (unpaired) electrons. The lowest BCUT2D eigenvalue weighted by Crippen LogP contribution is -1.95. The van der Waals surface area contributed by atoms with Crippen molar-refractivity contribution >= 4 is 63.6 Å². The molecule has 0 atom stereocenters. The van der Waals surface area contributed by atoms with Crippen LogP contribution in [0.4, 0.5) is 0 Å². The first kappa shape index (κ1) is 18.1. The van der Waals surface area contributed by atoms with Crippen LogP contribution in [0.1, 0.15) is 5.56 Å². The third kappa shape index (κ3) is 4.46. The highest BCUT2D eigenvalue weighted by Gasteiger charge is 2.12. The summed E-state index contributed by atoms with van der Waals surface area (Å²) < 4.78 is 2.65. The standard InChI is InChI=1S/C17H11BrCl2N4S/c18-12(8-11-4-2-1-3-5-11)10-21-24-16(22-23-17(24)25)14-7-6-13(19)9-15(14)20/h1-10H,(H,23,25)/b12-8-,21-10?. The lowest BCUT2D eigenvalue weighted by Gasteiger charge is -2.03. The Kier molecular flexibility index (Phi) is 5.86. The van der Waals surface area contributed by atoms with Crippen molar-refractivity contribution in [3.05, 3.63) is 73.4 Å². The molecule has 0 bridgehead atoms. The molecular formula is C17H11BrCl2N4S. The molecule has 0 saturated heterocycles. The summed E-state index contributed by atoms with van der Waals surface area (Å²) >= 11 is 20.9. The van der Waals surface area contributed by atoms with Gasteiger partial charge in [0.2, 0.25) is 4.77 Å². The molecular weight excluding hydrogens is 443 g/mol. The number of hydrogen-bond donors (Lipinski definition) is 1. The van der Waals surface area contributed by atoms with E-state index in [-0.39, 0.29) is 0 Å². The van der Waals surface area contributed by atoms with Gasteiger partial charge < -0.3 is 0 Å². The van der Waals surface area contributed by atoms with Crippen molar-refractivity contribution in [3.8, 4) is 11.4 Å². The van der Waals surface area contributed by atoms with Crippen LogP contribution in [0.3, 0.4) is 0 Å². The molecule has 0 saturated carbocycles. The van der Waals surface area contributed by atoms with Crippen molar-refractivity contribution in [1.29, 1.82) is 0 Å². The summed E-state index contributed by atoms with van der Waals surface area (Å²) in [6.45, 7) is 0. The van der Waals surface area contributed by atoms with E-state index in [2.05, 4.69) is 31.2 Å². The number of aromatic amines is 1. The molecule has 2 aromatic carbocycles. The van der Waals surface area contributed by atoms with Crippen molar-refractivity contribution in [2.45, 2.75) is 0 Å². The minimum atomic E-state index is 0.359. The second-order valence-electron chi connectivity index (χ2n) is 4.97. The van der Waals surface area contributed by atoms with E-state index < -0.39 is 0 Å². The monoisotopic (exact) mass is 452 g/mol. The number of H-pyrrole nitrogens is 1. The molecule has 3 rings (SSSR count). The molecule has 0 spiro atoms. The van der Waals surface area contributed by atoms with Crippen LogP contribution in [-0.4, -0.2) is 21.1 Å². The summed E-state index contributed by atoms with van der Waals surface area (Å²) in [4.78, 5) is 0. The van der Waals surface area contributed by atoms with E-state index in [4.69, 9.17) is 35.4 Å². The number of allylic oxidation sites excluding steroid dienone is 1. The molecule has 1 N–H and O–H groups in total. The molecule has 25 heavy (non-hydrogen) atoms. The number of benzene rings is 2. The highest BCUT2D eigenvalue weighted by atomic mass is 79.9. The molecule has 0 aliphatic heterocycles. The average molecular weight is 454 g/mol. The van der Waals surface area contributed by atoms with Crippen LogP contribution in [0, 0.1) is 4.77 Å². The number of aromatic nitrogens is 3. The van der Waals surface area contributed by atoms with Gasteiger partial charge in [-0.25, -0.2) is 5.10 Å². The predicted molar refractivity (Wildman–Crippen MR) is 110 cm³/mol. The van der Waals surface area contributed by atoms with Gasteiger partial charge in [0, 0.05) is 15.1 Å². The fourth-order valence-electron chi connectivity index (χ4n) is 2.10. The first-order valence-corrected chi connectivity index (χ1v) is 9.10. The minimum Gasteiger partial charge on any atom is -0.250 e. The molecule has 3 aromatic rings. The van der Waals surface area contributed by atoms with E-state index in [1.807, 2.05) is 36.4 Å². The number of nitrogens with one attached hydrogen (secondary N) is 1. The second-order valence-corrected chi connectivity index (χ2v) is 7.12. The fraction of sp³-hybridized carbons (Fsp3) is 0. The van der Waals surface area contributed by atoms with E-state index >= 15 is 0 Å². The average Bonchev–Trinajstić information content (AvgIpc) is 2.94. The van der Waals surface area contributed by atoms with Gasteiger partial charge in [-0.2, -0.15) is 14.9 Å². The molecule has 4 nitrogen and oxygen atoms in total. The van der Waals surface area contributed by atoms with Crippen molar-refractivity contribution in [2.24, 2.45) is 5.10 Å². The number of halogens is 3. The molecule has 1 aromatic heterocycles. The van der Waals surface area contributed by atoms with Gasteiger partial charge in [-0.05, 0) is 58.0 Å². The smallest absolute Gasteiger partial charge is 0.216 e. The summed E-state index contributed by atoms with van der Waals surface area (Å²) in [5.41, 5.74) is 1.73. The summed E-state index contributed by atoms with van der Waals surface area (Å²) in [7, 11) is 0. The second kappa shape index (κ2) is 8.10. The van der Waals surface area contributed by atoms with Crippen LogP contribution in [0.2, 0.25) is 10.0 Å². The van der Waals surface area contributed by atoms with Gasteiger partial charge in [-0.1, -0.05) is 53.5 Å². The Labute approximate surface area is 167 Å². The largest absolute Gasteiger partial charge is 0.250 e. The van der Waals surface area contributed by atoms with Crippen molar-refractivity contribution < 1.29 is 0 Å². The highest BCUT2D eigenvalue weighted by Crippen LogP contribution is 2.29. The molecule has 126 valence electrons. The summed E-state index contributed by atoms with van der Waals surface area (Å²) in [6, 6.07) is 15.1. The van der Waals surface area contributed by atoms with Crippen LogP contribution < -0.4 is 0 Å². The van der Waals surface area contributed by atoms with Gasteiger partial charge in [-0.15, -0.1) is 0 Å². The van der Waals surface area contributed by atoms with E-state index in [1.54, 1.807) is 24.4 Å². The Morgan fingerprint density at radius 2 is 1.96 bits per heavy atom. The molecule has 1 heterocycles. The zero-order chi connectivity index (χ0) is 17.8. The maximum absolute atomic E-state index is 6.26. The molecule has 8 heteroatoms. The first-order chi connectivity index (χ1) is 12.0. The van der Waals surface area contributed by atoms with Crippen molar-refractivity contribution in [2.75, 3.05) is 0 Å². The van der Waals surface area contributed by atoms with Crippen LogP contribution in [0.25, 0.3) is 17.5 Å². The van der Waals surface area contributed by atoms with Crippen molar-refractivity contribution in [1.82, 2.24) is 14.9 Å². The van der Waals surface area contributed by atoms with Gasteiger partial charge in [0.05, 0.1) is 11.2 Å². The summed E-state index contributed by atoms with van der Waals surface area (Å²) in [5, 5.41) is 12.3. The molecule has 0 amide bonds. The van der Waals surface area contributed by atoms with Gasteiger partial charge in [0.25, 0.3) is 0 Å². The minimum absolute atomic E-state index is 0.359. The topological polar surface area (TPSA) is 46.0 Å². The Balaban J connectivity index is 1.95. The Morgan fingerprint density at radius 1 is 1.20 bits per heavy atom. The molecule has 0 aliphatic rings. The predicted octanol–water partition coefficient (Wildman–Crippen LogP) is 6.18. The molecule has 0 aliphatic carbocycles. The Hall–Kier alpha value is -1.73. The molecule has 0 fully saturated rings. The third-order valence-corrected chi connectivity index (χ3v) is 4.47. The number of nitrogens with zero attached hydrogens (tertiary/aromatic N) is 3. The quantitative estimate of drug-likeness (QED) is 0.378. The highest BCUT2D eigenvalue weighted by molar-refractivity contribution is 9.12.